The van der Waals surface area contributed by atoms with Crippen LogP contribution in [0.3, 0.4) is 0 Å². The van der Waals surface area contributed by atoms with Crippen molar-refractivity contribution in [1.82, 2.24) is 5.32 Å². The molecule has 0 bridgehead atoms. The molecular weight excluding hydrogens is 266 g/mol. The minimum absolute atomic E-state index is 0.282. The van der Waals surface area contributed by atoms with Gasteiger partial charge < -0.3 is 19.5 Å². The molecule has 1 saturated heterocycles. The van der Waals surface area contributed by atoms with Crippen molar-refractivity contribution in [3.05, 3.63) is 29.8 Å². The topological polar surface area (TPSA) is 39.7 Å². The first kappa shape index (κ1) is 16.3. The second kappa shape index (κ2) is 9.77. The number of benzene rings is 1. The number of hydrogen-bond acceptors (Lipinski definition) is 4. The molecule has 21 heavy (non-hydrogen) atoms. The van der Waals surface area contributed by atoms with E-state index in [0.717, 1.165) is 31.9 Å². The maximum Gasteiger partial charge on any atom is 0.119 e. The van der Waals surface area contributed by atoms with Crippen LogP contribution in [0.1, 0.15) is 31.7 Å². The van der Waals surface area contributed by atoms with Crippen molar-refractivity contribution in [3.8, 4) is 5.75 Å². The van der Waals surface area contributed by atoms with E-state index in [1.807, 2.05) is 12.1 Å². The van der Waals surface area contributed by atoms with E-state index in [0.29, 0.717) is 19.8 Å². The van der Waals surface area contributed by atoms with Gasteiger partial charge in [-0.25, -0.2) is 0 Å². The Balaban J connectivity index is 1.55. The molecule has 1 atom stereocenters. The lowest BCUT2D eigenvalue weighted by Crippen LogP contribution is -2.25. The molecule has 1 heterocycles. The molecule has 0 radical (unpaired) electrons. The Morgan fingerprint density at radius 3 is 2.76 bits per heavy atom. The van der Waals surface area contributed by atoms with Crippen molar-refractivity contribution in [2.45, 2.75) is 38.8 Å². The van der Waals surface area contributed by atoms with Crippen molar-refractivity contribution in [2.75, 3.05) is 33.0 Å². The lowest BCUT2D eigenvalue weighted by atomic mass is 10.1. The molecule has 0 spiro atoms. The Morgan fingerprint density at radius 2 is 2.05 bits per heavy atom. The van der Waals surface area contributed by atoms with Crippen LogP contribution in [0.2, 0.25) is 0 Å². The summed E-state index contributed by atoms with van der Waals surface area (Å²) in [6.07, 6.45) is 3.84. The molecule has 1 unspecified atom stereocenters. The van der Waals surface area contributed by atoms with E-state index in [-0.39, 0.29) is 6.10 Å². The second-order valence-corrected chi connectivity index (χ2v) is 5.34. The molecule has 0 aromatic heterocycles. The summed E-state index contributed by atoms with van der Waals surface area (Å²) >= 11 is 0. The highest BCUT2D eigenvalue weighted by Gasteiger charge is 2.13. The molecule has 0 saturated carbocycles. The molecule has 0 aliphatic carbocycles. The SMILES string of the molecule is CCNCc1ccc(OCCOCC2CCCCO2)cc1. The quantitative estimate of drug-likeness (QED) is 0.711. The minimum atomic E-state index is 0.282. The van der Waals surface area contributed by atoms with Crippen LogP contribution in [0.5, 0.6) is 5.75 Å². The third-order valence-electron chi connectivity index (χ3n) is 3.58. The van der Waals surface area contributed by atoms with Gasteiger partial charge in [-0.3, -0.25) is 0 Å². The van der Waals surface area contributed by atoms with E-state index in [2.05, 4.69) is 24.4 Å². The Bertz CT molecular complexity index is 374. The molecule has 1 fully saturated rings. The van der Waals surface area contributed by atoms with Gasteiger partial charge in [-0.2, -0.15) is 0 Å². The van der Waals surface area contributed by atoms with Crippen molar-refractivity contribution in [1.29, 1.82) is 0 Å². The highest BCUT2D eigenvalue weighted by atomic mass is 16.5. The number of rotatable bonds is 9. The third kappa shape index (κ3) is 6.46. The Labute approximate surface area is 127 Å². The van der Waals surface area contributed by atoms with Crippen molar-refractivity contribution in [3.63, 3.8) is 0 Å². The van der Waals surface area contributed by atoms with E-state index in [9.17, 15) is 0 Å². The maximum atomic E-state index is 5.67. The van der Waals surface area contributed by atoms with Crippen LogP contribution in [-0.4, -0.2) is 39.1 Å². The summed E-state index contributed by atoms with van der Waals surface area (Å²) in [5, 5.41) is 3.30. The molecule has 4 nitrogen and oxygen atoms in total. The molecule has 1 aliphatic heterocycles. The van der Waals surface area contributed by atoms with Crippen LogP contribution in [0.25, 0.3) is 0 Å². The predicted molar refractivity (Wildman–Crippen MR) is 83.7 cm³/mol. The average molecular weight is 293 g/mol. The molecular formula is C17H27NO3. The normalized spacial score (nSPS) is 18.6. The average Bonchev–Trinajstić information content (AvgIpc) is 2.55. The summed E-state index contributed by atoms with van der Waals surface area (Å²) in [6, 6.07) is 8.21. The van der Waals surface area contributed by atoms with Crippen LogP contribution in [0.15, 0.2) is 24.3 Å². The fourth-order valence-corrected chi connectivity index (χ4v) is 2.34. The third-order valence-corrected chi connectivity index (χ3v) is 3.58. The van der Waals surface area contributed by atoms with Gasteiger partial charge in [-0.05, 0) is 43.5 Å². The van der Waals surface area contributed by atoms with Crippen molar-refractivity contribution >= 4 is 0 Å². The van der Waals surface area contributed by atoms with Crippen molar-refractivity contribution in [2.24, 2.45) is 0 Å². The first-order chi connectivity index (χ1) is 10.4. The lowest BCUT2D eigenvalue weighted by Gasteiger charge is -2.22. The first-order valence-corrected chi connectivity index (χ1v) is 8.00. The molecule has 1 aromatic carbocycles. The van der Waals surface area contributed by atoms with Gasteiger partial charge in [0.25, 0.3) is 0 Å². The van der Waals surface area contributed by atoms with Gasteiger partial charge in [-0.15, -0.1) is 0 Å². The number of nitrogens with one attached hydrogen (secondary N) is 1. The van der Waals surface area contributed by atoms with Crippen molar-refractivity contribution < 1.29 is 14.2 Å². The van der Waals surface area contributed by atoms with Crippen LogP contribution in [-0.2, 0) is 16.0 Å². The maximum absolute atomic E-state index is 5.67. The van der Waals surface area contributed by atoms with Gasteiger partial charge in [0.15, 0.2) is 0 Å². The molecule has 118 valence electrons. The van der Waals surface area contributed by atoms with Crippen LogP contribution < -0.4 is 10.1 Å². The lowest BCUT2D eigenvalue weighted by molar-refractivity contribution is -0.0444. The molecule has 1 aromatic rings. The standard InChI is InChI=1S/C17H27NO3/c1-2-18-13-15-6-8-16(9-7-15)21-12-11-19-14-17-5-3-4-10-20-17/h6-9,17-18H,2-5,10-14H2,1H3. The number of ether oxygens (including phenoxy) is 3. The van der Waals surface area contributed by atoms with Crippen LogP contribution in [0, 0.1) is 0 Å². The van der Waals surface area contributed by atoms with Crippen LogP contribution >= 0.6 is 0 Å². The largest absolute Gasteiger partial charge is 0.491 e. The van der Waals surface area contributed by atoms with Gasteiger partial charge >= 0.3 is 0 Å². The fourth-order valence-electron chi connectivity index (χ4n) is 2.34. The first-order valence-electron chi connectivity index (χ1n) is 8.00. The van der Waals surface area contributed by atoms with E-state index in [1.54, 1.807) is 0 Å². The molecule has 1 N–H and O–H groups in total. The van der Waals surface area contributed by atoms with E-state index in [1.165, 1.54) is 18.4 Å². The van der Waals surface area contributed by atoms with E-state index < -0.39 is 0 Å². The monoisotopic (exact) mass is 293 g/mol. The zero-order valence-corrected chi connectivity index (χ0v) is 13.0. The van der Waals surface area contributed by atoms with Gasteiger partial charge in [0.05, 0.1) is 19.3 Å². The molecule has 2 rings (SSSR count). The summed E-state index contributed by atoms with van der Waals surface area (Å²) in [5.41, 5.74) is 1.27. The van der Waals surface area contributed by atoms with Gasteiger partial charge in [0.1, 0.15) is 12.4 Å². The van der Waals surface area contributed by atoms with E-state index >= 15 is 0 Å². The summed E-state index contributed by atoms with van der Waals surface area (Å²) < 4.78 is 16.9. The Kier molecular flexibility index (Phi) is 7.57. The Morgan fingerprint density at radius 1 is 1.19 bits per heavy atom. The zero-order valence-electron chi connectivity index (χ0n) is 13.0. The van der Waals surface area contributed by atoms with Crippen LogP contribution in [0.4, 0.5) is 0 Å². The van der Waals surface area contributed by atoms with Gasteiger partial charge in [0, 0.05) is 13.2 Å². The zero-order chi connectivity index (χ0) is 14.8. The summed E-state index contributed by atoms with van der Waals surface area (Å²) in [6.45, 7) is 6.75. The highest BCUT2D eigenvalue weighted by molar-refractivity contribution is 5.27. The smallest absolute Gasteiger partial charge is 0.119 e. The van der Waals surface area contributed by atoms with Gasteiger partial charge in [0.2, 0.25) is 0 Å². The fraction of sp³-hybridized carbons (Fsp3) is 0.647. The molecule has 0 amide bonds. The summed E-state index contributed by atoms with van der Waals surface area (Å²) in [7, 11) is 0. The predicted octanol–water partition coefficient (Wildman–Crippen LogP) is 2.76. The number of hydrogen-bond donors (Lipinski definition) is 1. The summed E-state index contributed by atoms with van der Waals surface area (Å²) in [5.74, 6) is 0.896. The highest BCUT2D eigenvalue weighted by Crippen LogP contribution is 2.13. The summed E-state index contributed by atoms with van der Waals surface area (Å²) in [4.78, 5) is 0. The Hall–Kier alpha value is -1.10. The van der Waals surface area contributed by atoms with Gasteiger partial charge in [-0.1, -0.05) is 19.1 Å². The second-order valence-electron chi connectivity index (χ2n) is 5.34. The van der Waals surface area contributed by atoms with E-state index in [4.69, 9.17) is 14.2 Å². The minimum Gasteiger partial charge on any atom is -0.491 e. The molecule has 4 heteroatoms. The molecule has 1 aliphatic rings.